The van der Waals surface area contributed by atoms with Crippen molar-refractivity contribution in [2.45, 2.75) is 32.7 Å². The molecule has 3 N–H and O–H groups in total. The lowest BCUT2D eigenvalue weighted by Gasteiger charge is -2.16. The van der Waals surface area contributed by atoms with Crippen molar-refractivity contribution in [1.82, 2.24) is 5.32 Å². The Morgan fingerprint density at radius 3 is 2.69 bits per heavy atom. The van der Waals surface area contributed by atoms with E-state index in [1.807, 2.05) is 13.8 Å². The van der Waals surface area contributed by atoms with E-state index in [-0.39, 0.29) is 17.9 Å². The van der Waals surface area contributed by atoms with Gasteiger partial charge in [0.1, 0.15) is 0 Å². The van der Waals surface area contributed by atoms with E-state index in [0.717, 1.165) is 12.8 Å². The number of amides is 1. The van der Waals surface area contributed by atoms with Crippen LogP contribution in [0, 0.1) is 5.92 Å². The summed E-state index contributed by atoms with van der Waals surface area (Å²) in [6.45, 7) is 7.96. The fourth-order valence-electron chi connectivity index (χ4n) is 1.11. The van der Waals surface area contributed by atoms with E-state index in [9.17, 15) is 4.79 Å². The summed E-state index contributed by atoms with van der Waals surface area (Å²) in [6.07, 6.45) is 3.54. The Morgan fingerprint density at radius 1 is 1.69 bits per heavy atom. The van der Waals surface area contributed by atoms with E-state index in [1.165, 1.54) is 0 Å². The Morgan fingerprint density at radius 2 is 2.31 bits per heavy atom. The molecule has 0 aliphatic rings. The van der Waals surface area contributed by atoms with Crippen molar-refractivity contribution in [2.24, 2.45) is 11.7 Å². The SMILES string of the molecule is C=CC(C)NC(=O)C(CN)CCC. The molecule has 0 aliphatic heterocycles. The third-order valence-electron chi connectivity index (χ3n) is 2.02. The Balaban J connectivity index is 3.97. The molecule has 0 radical (unpaired) electrons. The summed E-state index contributed by atoms with van der Waals surface area (Å²) in [5.41, 5.74) is 5.49. The van der Waals surface area contributed by atoms with Crippen LogP contribution in [0.5, 0.6) is 0 Å². The van der Waals surface area contributed by atoms with Gasteiger partial charge >= 0.3 is 0 Å². The smallest absolute Gasteiger partial charge is 0.224 e. The van der Waals surface area contributed by atoms with Gasteiger partial charge in [0.2, 0.25) is 5.91 Å². The maximum atomic E-state index is 11.5. The van der Waals surface area contributed by atoms with Crippen LogP contribution >= 0.6 is 0 Å². The highest BCUT2D eigenvalue weighted by Gasteiger charge is 2.15. The van der Waals surface area contributed by atoms with E-state index in [1.54, 1.807) is 6.08 Å². The van der Waals surface area contributed by atoms with Crippen molar-refractivity contribution < 1.29 is 4.79 Å². The van der Waals surface area contributed by atoms with Crippen molar-refractivity contribution in [1.29, 1.82) is 0 Å². The molecule has 3 heteroatoms. The first-order valence-electron chi connectivity index (χ1n) is 4.78. The first-order chi connectivity index (χ1) is 6.15. The van der Waals surface area contributed by atoms with Gasteiger partial charge in [-0.2, -0.15) is 0 Å². The molecule has 0 aliphatic carbocycles. The maximum Gasteiger partial charge on any atom is 0.224 e. The minimum atomic E-state index is -0.0487. The van der Waals surface area contributed by atoms with Crippen molar-refractivity contribution in [3.05, 3.63) is 12.7 Å². The number of carbonyl (C=O) groups excluding carboxylic acids is 1. The highest BCUT2D eigenvalue weighted by molar-refractivity contribution is 5.79. The molecule has 3 nitrogen and oxygen atoms in total. The summed E-state index contributed by atoms with van der Waals surface area (Å²) in [6, 6.07) is 0.0263. The summed E-state index contributed by atoms with van der Waals surface area (Å²) >= 11 is 0. The molecule has 2 unspecified atom stereocenters. The van der Waals surface area contributed by atoms with Gasteiger partial charge in [0.05, 0.1) is 5.92 Å². The van der Waals surface area contributed by atoms with Crippen LogP contribution in [-0.2, 0) is 4.79 Å². The third kappa shape index (κ3) is 4.68. The van der Waals surface area contributed by atoms with Crippen molar-refractivity contribution >= 4 is 5.91 Å². The molecule has 0 saturated heterocycles. The van der Waals surface area contributed by atoms with E-state index >= 15 is 0 Å². The lowest BCUT2D eigenvalue weighted by atomic mass is 10.0. The van der Waals surface area contributed by atoms with Gasteiger partial charge in [0.15, 0.2) is 0 Å². The van der Waals surface area contributed by atoms with E-state index in [4.69, 9.17) is 5.73 Å². The van der Waals surface area contributed by atoms with Crippen molar-refractivity contribution in [3.63, 3.8) is 0 Å². The maximum absolute atomic E-state index is 11.5. The zero-order valence-electron chi connectivity index (χ0n) is 8.55. The molecular formula is C10H20N2O. The second-order valence-corrected chi connectivity index (χ2v) is 3.25. The standard InChI is InChI=1S/C10H20N2O/c1-4-6-9(7-11)10(13)12-8(3)5-2/h5,8-9H,2,4,6-7,11H2,1,3H3,(H,12,13). The van der Waals surface area contributed by atoms with Crippen LogP contribution in [0.3, 0.4) is 0 Å². The molecule has 0 spiro atoms. The lowest BCUT2D eigenvalue weighted by molar-refractivity contribution is -0.125. The normalized spacial score (nSPS) is 14.7. The van der Waals surface area contributed by atoms with Crippen LogP contribution < -0.4 is 11.1 Å². The molecule has 0 bridgehead atoms. The molecule has 1 amide bonds. The average Bonchev–Trinajstić information content (AvgIpc) is 2.13. The van der Waals surface area contributed by atoms with Crippen LogP contribution in [0.2, 0.25) is 0 Å². The highest BCUT2D eigenvalue weighted by Crippen LogP contribution is 2.04. The number of rotatable bonds is 6. The Kier molecular flexibility index (Phi) is 6.24. The van der Waals surface area contributed by atoms with Crippen LogP contribution in [-0.4, -0.2) is 18.5 Å². The Hall–Kier alpha value is -0.830. The molecule has 0 aromatic rings. The van der Waals surface area contributed by atoms with E-state index in [0.29, 0.717) is 6.54 Å². The van der Waals surface area contributed by atoms with Crippen molar-refractivity contribution in [3.8, 4) is 0 Å². The van der Waals surface area contributed by atoms with Gasteiger partial charge in [-0.1, -0.05) is 19.4 Å². The second-order valence-electron chi connectivity index (χ2n) is 3.25. The number of nitrogens with two attached hydrogens (primary N) is 1. The average molecular weight is 184 g/mol. The molecule has 2 atom stereocenters. The summed E-state index contributed by atoms with van der Waals surface area (Å²) in [7, 11) is 0. The van der Waals surface area contributed by atoms with Crippen LogP contribution in [0.1, 0.15) is 26.7 Å². The van der Waals surface area contributed by atoms with Gasteiger partial charge in [-0.25, -0.2) is 0 Å². The molecule has 0 fully saturated rings. The Bertz CT molecular complexity index is 168. The fraction of sp³-hybridized carbons (Fsp3) is 0.700. The van der Waals surface area contributed by atoms with Crippen LogP contribution in [0.4, 0.5) is 0 Å². The zero-order valence-corrected chi connectivity index (χ0v) is 8.55. The van der Waals surface area contributed by atoms with Gasteiger partial charge in [-0.15, -0.1) is 6.58 Å². The second kappa shape index (κ2) is 6.66. The molecule has 0 aromatic carbocycles. The first-order valence-corrected chi connectivity index (χ1v) is 4.78. The summed E-state index contributed by atoms with van der Waals surface area (Å²) in [5.74, 6) is -0.0100. The number of nitrogens with one attached hydrogen (secondary N) is 1. The molecule has 0 saturated carbocycles. The van der Waals surface area contributed by atoms with Gasteiger partial charge in [0.25, 0.3) is 0 Å². The van der Waals surface area contributed by atoms with Crippen molar-refractivity contribution in [2.75, 3.05) is 6.54 Å². The van der Waals surface area contributed by atoms with Gasteiger partial charge in [-0.3, -0.25) is 4.79 Å². The van der Waals surface area contributed by atoms with Crippen LogP contribution in [0.25, 0.3) is 0 Å². The number of carbonyl (C=O) groups is 1. The molecular weight excluding hydrogens is 164 g/mol. The summed E-state index contributed by atoms with van der Waals surface area (Å²) in [5, 5.41) is 2.83. The van der Waals surface area contributed by atoms with Gasteiger partial charge < -0.3 is 11.1 Å². The summed E-state index contributed by atoms with van der Waals surface area (Å²) < 4.78 is 0. The zero-order chi connectivity index (χ0) is 10.3. The predicted octanol–water partition coefficient (Wildman–Crippen LogP) is 1.05. The van der Waals surface area contributed by atoms with Crippen LogP contribution in [0.15, 0.2) is 12.7 Å². The molecule has 0 heterocycles. The number of hydrogen-bond donors (Lipinski definition) is 2. The monoisotopic (exact) mass is 184 g/mol. The highest BCUT2D eigenvalue weighted by atomic mass is 16.1. The molecule has 0 aromatic heterocycles. The minimum absolute atomic E-state index is 0.0263. The first kappa shape index (κ1) is 12.2. The third-order valence-corrected chi connectivity index (χ3v) is 2.02. The molecule has 0 rings (SSSR count). The number of hydrogen-bond acceptors (Lipinski definition) is 2. The van der Waals surface area contributed by atoms with Gasteiger partial charge in [0, 0.05) is 12.6 Å². The van der Waals surface area contributed by atoms with Gasteiger partial charge in [-0.05, 0) is 13.3 Å². The van der Waals surface area contributed by atoms with E-state index in [2.05, 4.69) is 11.9 Å². The van der Waals surface area contributed by atoms with E-state index < -0.39 is 0 Å². The molecule has 13 heavy (non-hydrogen) atoms. The quantitative estimate of drug-likeness (QED) is 0.606. The minimum Gasteiger partial charge on any atom is -0.350 e. The predicted molar refractivity (Wildman–Crippen MR) is 55.3 cm³/mol. The largest absolute Gasteiger partial charge is 0.350 e. The summed E-state index contributed by atoms with van der Waals surface area (Å²) in [4.78, 5) is 11.5. The lowest BCUT2D eigenvalue weighted by Crippen LogP contribution is -2.39. The Labute approximate surface area is 80.4 Å². The molecule has 76 valence electrons. The topological polar surface area (TPSA) is 55.1 Å². The fourth-order valence-corrected chi connectivity index (χ4v) is 1.11.